The molecule has 0 aliphatic carbocycles. The number of nitrogens with zero attached hydrogens (tertiary/aromatic N) is 4. The predicted octanol–water partition coefficient (Wildman–Crippen LogP) is 3.71. The van der Waals surface area contributed by atoms with Gasteiger partial charge in [-0.05, 0) is 62.5 Å². The van der Waals surface area contributed by atoms with Gasteiger partial charge in [0.2, 0.25) is 0 Å². The molecule has 0 bridgehead atoms. The molecule has 1 aliphatic rings. The predicted molar refractivity (Wildman–Crippen MR) is 110 cm³/mol. The third-order valence-corrected chi connectivity index (χ3v) is 5.25. The summed E-state index contributed by atoms with van der Waals surface area (Å²) in [5, 5.41) is 4.27. The number of hydrogen-bond donors (Lipinski definition) is 1. The molecule has 1 aliphatic heterocycles. The molecule has 27 heavy (non-hydrogen) atoms. The van der Waals surface area contributed by atoms with Gasteiger partial charge in [-0.25, -0.2) is 0 Å². The Morgan fingerprint density at radius 3 is 2.48 bits per heavy atom. The molecule has 3 aromatic heterocycles. The number of hydrogen-bond acceptors (Lipinski definition) is 3. The Bertz CT molecular complexity index is 907. The van der Waals surface area contributed by atoms with Crippen LogP contribution in [-0.4, -0.2) is 30.6 Å². The van der Waals surface area contributed by atoms with E-state index >= 15 is 0 Å². The molecule has 2 atom stereocenters. The molecule has 1 fully saturated rings. The second-order valence-electron chi connectivity index (χ2n) is 7.01. The van der Waals surface area contributed by atoms with Crippen molar-refractivity contribution in [2.75, 3.05) is 0 Å². The van der Waals surface area contributed by atoms with E-state index in [1.165, 1.54) is 5.69 Å². The van der Waals surface area contributed by atoms with Gasteiger partial charge in [0.1, 0.15) is 0 Å². The maximum Gasteiger partial charge on any atom is 0.170 e. The zero-order valence-corrected chi connectivity index (χ0v) is 16.3. The van der Waals surface area contributed by atoms with Crippen LogP contribution >= 0.6 is 12.2 Å². The van der Waals surface area contributed by atoms with Crippen molar-refractivity contribution in [3.63, 3.8) is 0 Å². The van der Waals surface area contributed by atoms with Crippen LogP contribution in [0.3, 0.4) is 0 Å². The van der Waals surface area contributed by atoms with Crippen molar-refractivity contribution in [3.8, 4) is 0 Å². The first-order chi connectivity index (χ1) is 13.1. The summed E-state index contributed by atoms with van der Waals surface area (Å²) in [6.07, 6.45) is 5.78. The van der Waals surface area contributed by atoms with E-state index in [0.29, 0.717) is 0 Å². The van der Waals surface area contributed by atoms with Crippen LogP contribution in [0.15, 0.2) is 67.1 Å². The highest BCUT2D eigenvalue weighted by Crippen LogP contribution is 2.39. The van der Waals surface area contributed by atoms with E-state index in [0.717, 1.165) is 23.0 Å². The third kappa shape index (κ3) is 3.45. The highest BCUT2D eigenvalue weighted by molar-refractivity contribution is 7.80. The number of aromatic nitrogens is 3. The Kier molecular flexibility index (Phi) is 4.90. The minimum Gasteiger partial charge on any atom is -0.352 e. The van der Waals surface area contributed by atoms with E-state index in [-0.39, 0.29) is 18.1 Å². The zero-order chi connectivity index (χ0) is 18.8. The summed E-state index contributed by atoms with van der Waals surface area (Å²) in [5.74, 6) is 0. The smallest absolute Gasteiger partial charge is 0.170 e. The molecule has 5 nitrogen and oxygen atoms in total. The Balaban J connectivity index is 1.74. The molecule has 0 saturated carbocycles. The highest BCUT2D eigenvalue weighted by Gasteiger charge is 2.42. The van der Waals surface area contributed by atoms with Crippen molar-refractivity contribution in [1.82, 2.24) is 24.8 Å². The fraction of sp³-hybridized carbons (Fsp3) is 0.286. The SMILES string of the molecule is CC(C)N1C(=S)N[C@H](c2ccccn2)[C@H]1c1cccn1Cc1ccccn1. The molecular formula is C21H23N5S. The van der Waals surface area contributed by atoms with E-state index in [2.05, 4.69) is 69.1 Å². The number of thiocarbonyl (C=S) groups is 1. The summed E-state index contributed by atoms with van der Waals surface area (Å²) in [7, 11) is 0. The van der Waals surface area contributed by atoms with Crippen LogP contribution in [0.4, 0.5) is 0 Å². The largest absolute Gasteiger partial charge is 0.352 e. The second kappa shape index (κ2) is 7.48. The average Bonchev–Trinajstić information content (AvgIpc) is 3.27. The molecule has 0 spiro atoms. The van der Waals surface area contributed by atoms with Crippen molar-refractivity contribution < 1.29 is 0 Å². The van der Waals surface area contributed by atoms with Gasteiger partial charge in [0.25, 0.3) is 0 Å². The van der Waals surface area contributed by atoms with Gasteiger partial charge in [-0.1, -0.05) is 12.1 Å². The molecule has 0 unspecified atom stereocenters. The summed E-state index contributed by atoms with van der Waals surface area (Å²) in [5.41, 5.74) is 3.24. The van der Waals surface area contributed by atoms with Gasteiger partial charge >= 0.3 is 0 Å². The van der Waals surface area contributed by atoms with Gasteiger partial charge in [0, 0.05) is 30.3 Å². The molecule has 3 aromatic rings. The molecule has 6 heteroatoms. The Morgan fingerprint density at radius 1 is 1.04 bits per heavy atom. The van der Waals surface area contributed by atoms with Crippen molar-refractivity contribution in [2.24, 2.45) is 0 Å². The highest BCUT2D eigenvalue weighted by atomic mass is 32.1. The lowest BCUT2D eigenvalue weighted by Crippen LogP contribution is -2.36. The maximum atomic E-state index is 5.68. The molecule has 1 saturated heterocycles. The van der Waals surface area contributed by atoms with Crippen LogP contribution in [-0.2, 0) is 6.54 Å². The molecule has 0 radical (unpaired) electrons. The normalized spacial score (nSPS) is 19.5. The summed E-state index contributed by atoms with van der Waals surface area (Å²) in [6.45, 7) is 5.08. The molecular weight excluding hydrogens is 354 g/mol. The average molecular weight is 378 g/mol. The van der Waals surface area contributed by atoms with Gasteiger partial charge in [0.05, 0.1) is 30.0 Å². The van der Waals surface area contributed by atoms with E-state index in [9.17, 15) is 0 Å². The van der Waals surface area contributed by atoms with Crippen LogP contribution in [0, 0.1) is 0 Å². The van der Waals surface area contributed by atoms with Crippen molar-refractivity contribution >= 4 is 17.3 Å². The van der Waals surface area contributed by atoms with Gasteiger partial charge in [-0.2, -0.15) is 0 Å². The van der Waals surface area contributed by atoms with E-state index in [1.54, 1.807) is 0 Å². The Labute approximate surface area is 165 Å². The molecule has 138 valence electrons. The van der Waals surface area contributed by atoms with Crippen molar-refractivity contribution in [3.05, 3.63) is 84.2 Å². The minimum absolute atomic E-state index is 0.0125. The summed E-state index contributed by atoms with van der Waals surface area (Å²) >= 11 is 5.68. The molecule has 4 rings (SSSR count). The van der Waals surface area contributed by atoms with Crippen molar-refractivity contribution in [2.45, 2.75) is 38.5 Å². The van der Waals surface area contributed by atoms with Gasteiger partial charge in [-0.3, -0.25) is 9.97 Å². The number of pyridine rings is 2. The van der Waals surface area contributed by atoms with Crippen LogP contribution in [0.5, 0.6) is 0 Å². The lowest BCUT2D eigenvalue weighted by atomic mass is 10.0. The zero-order valence-electron chi connectivity index (χ0n) is 15.5. The van der Waals surface area contributed by atoms with Gasteiger partial charge in [-0.15, -0.1) is 0 Å². The second-order valence-corrected chi connectivity index (χ2v) is 7.40. The summed E-state index contributed by atoms with van der Waals surface area (Å²) in [4.78, 5) is 11.3. The Hall–Kier alpha value is -2.73. The van der Waals surface area contributed by atoms with Gasteiger partial charge in [0.15, 0.2) is 5.11 Å². The molecule has 1 N–H and O–H groups in total. The topological polar surface area (TPSA) is 46.0 Å². The molecule has 0 aromatic carbocycles. The lowest BCUT2D eigenvalue weighted by Gasteiger charge is -2.31. The third-order valence-electron chi connectivity index (χ3n) is 4.92. The Morgan fingerprint density at radius 2 is 1.81 bits per heavy atom. The quantitative estimate of drug-likeness (QED) is 0.687. The summed E-state index contributed by atoms with van der Waals surface area (Å²) in [6, 6.07) is 16.7. The fourth-order valence-corrected chi connectivity index (χ4v) is 4.20. The number of nitrogens with one attached hydrogen (secondary N) is 1. The van der Waals surface area contributed by atoms with Crippen LogP contribution in [0.2, 0.25) is 0 Å². The maximum absolute atomic E-state index is 5.68. The van der Waals surface area contributed by atoms with E-state index in [4.69, 9.17) is 12.2 Å². The fourth-order valence-electron chi connectivity index (χ4n) is 3.74. The first-order valence-electron chi connectivity index (χ1n) is 9.20. The number of rotatable bonds is 5. The van der Waals surface area contributed by atoms with Crippen molar-refractivity contribution in [1.29, 1.82) is 0 Å². The monoisotopic (exact) mass is 377 g/mol. The molecule has 4 heterocycles. The first kappa shape index (κ1) is 17.7. The first-order valence-corrected chi connectivity index (χ1v) is 9.60. The van der Waals surface area contributed by atoms with E-state index < -0.39 is 0 Å². The van der Waals surface area contributed by atoms with Crippen LogP contribution in [0.1, 0.15) is 43.0 Å². The lowest BCUT2D eigenvalue weighted by molar-refractivity contribution is 0.259. The molecule has 0 amide bonds. The van der Waals surface area contributed by atoms with E-state index in [1.807, 2.05) is 36.7 Å². The van der Waals surface area contributed by atoms with Crippen LogP contribution < -0.4 is 5.32 Å². The van der Waals surface area contributed by atoms with Crippen LogP contribution in [0.25, 0.3) is 0 Å². The standard InChI is InChI=1S/C21H23N5S/c1-15(2)26-20(19(24-21(26)27)17-9-4-6-12-23-17)18-10-7-13-25(18)14-16-8-3-5-11-22-16/h3-13,15,19-20H,14H2,1-2H3,(H,24,27)/t19-,20-/m1/s1. The van der Waals surface area contributed by atoms with Gasteiger partial charge < -0.3 is 14.8 Å². The minimum atomic E-state index is 0.0125. The summed E-state index contributed by atoms with van der Waals surface area (Å²) < 4.78 is 2.26.